The number of carbonyl (C=O) groups excluding carboxylic acids is 1. The number of rotatable bonds is 8. The molecular weight excluding hydrogens is 300 g/mol. The summed E-state index contributed by atoms with van der Waals surface area (Å²) in [5.74, 6) is -0.0437. The summed E-state index contributed by atoms with van der Waals surface area (Å²) in [7, 11) is 0. The second-order valence-corrected chi connectivity index (χ2v) is 7.49. The van der Waals surface area contributed by atoms with E-state index in [-0.39, 0.29) is 23.5 Å². The largest absolute Gasteiger partial charge is 0.378 e. The molecule has 0 aliphatic heterocycles. The smallest absolute Gasteiger partial charge is 0.241 e. The van der Waals surface area contributed by atoms with Gasteiger partial charge < -0.3 is 15.8 Å². The van der Waals surface area contributed by atoms with Crippen LogP contribution in [-0.2, 0) is 16.0 Å². The van der Waals surface area contributed by atoms with E-state index in [0.717, 1.165) is 19.3 Å². The van der Waals surface area contributed by atoms with E-state index in [0.29, 0.717) is 13.0 Å². The molecule has 0 saturated heterocycles. The number of hydrogen-bond acceptors (Lipinski definition) is 3. The van der Waals surface area contributed by atoms with Crippen molar-refractivity contribution in [1.29, 1.82) is 0 Å². The summed E-state index contributed by atoms with van der Waals surface area (Å²) in [6, 6.07) is 10.4. The predicted octanol–water partition coefficient (Wildman–Crippen LogP) is 3.05. The predicted molar refractivity (Wildman–Crippen MR) is 97.7 cm³/mol. The van der Waals surface area contributed by atoms with Gasteiger partial charge in [0.25, 0.3) is 0 Å². The standard InChI is InChI=1S/C20H32N2O2/c1-5-10-16(13-15-11-8-7-9-12-15)22-18(23)20(21)14-17(24-6-2)19(20,3)4/h7-9,11-12,16-17H,5-6,10,13-14,21H2,1-4H3,(H,22,23). The van der Waals surface area contributed by atoms with Crippen molar-refractivity contribution in [3.63, 3.8) is 0 Å². The summed E-state index contributed by atoms with van der Waals surface area (Å²) in [6.45, 7) is 8.83. The Morgan fingerprint density at radius 1 is 1.33 bits per heavy atom. The van der Waals surface area contributed by atoms with Crippen LogP contribution in [0.15, 0.2) is 30.3 Å². The van der Waals surface area contributed by atoms with Gasteiger partial charge in [0.2, 0.25) is 5.91 Å². The van der Waals surface area contributed by atoms with Gasteiger partial charge in [0, 0.05) is 24.5 Å². The minimum absolute atomic E-state index is 0.0437. The average molecular weight is 332 g/mol. The molecule has 0 radical (unpaired) electrons. The molecule has 0 bridgehead atoms. The van der Waals surface area contributed by atoms with Crippen LogP contribution >= 0.6 is 0 Å². The fourth-order valence-corrected chi connectivity index (χ4v) is 3.61. The van der Waals surface area contributed by atoms with Gasteiger partial charge in [-0.2, -0.15) is 0 Å². The lowest BCUT2D eigenvalue weighted by molar-refractivity contribution is -0.171. The molecule has 1 fully saturated rings. The highest BCUT2D eigenvalue weighted by atomic mass is 16.5. The molecule has 1 aliphatic rings. The van der Waals surface area contributed by atoms with Crippen molar-refractivity contribution in [3.8, 4) is 0 Å². The van der Waals surface area contributed by atoms with Crippen LogP contribution in [0.2, 0.25) is 0 Å². The summed E-state index contributed by atoms with van der Waals surface area (Å²) in [6.07, 6.45) is 3.46. The molecule has 0 aromatic heterocycles. The highest BCUT2D eigenvalue weighted by molar-refractivity contribution is 5.89. The Labute approximate surface area is 146 Å². The fraction of sp³-hybridized carbons (Fsp3) is 0.650. The molecule has 3 atom stereocenters. The van der Waals surface area contributed by atoms with Crippen molar-refractivity contribution in [2.24, 2.45) is 11.1 Å². The number of ether oxygens (including phenoxy) is 1. The highest BCUT2D eigenvalue weighted by Crippen LogP contribution is 2.49. The number of benzene rings is 1. The summed E-state index contributed by atoms with van der Waals surface area (Å²) >= 11 is 0. The molecule has 4 heteroatoms. The number of hydrogen-bond donors (Lipinski definition) is 2. The number of nitrogens with two attached hydrogens (primary N) is 1. The van der Waals surface area contributed by atoms with E-state index in [9.17, 15) is 4.79 Å². The van der Waals surface area contributed by atoms with Crippen molar-refractivity contribution < 1.29 is 9.53 Å². The quantitative estimate of drug-likeness (QED) is 0.769. The Balaban J connectivity index is 2.03. The van der Waals surface area contributed by atoms with E-state index in [1.54, 1.807) is 0 Å². The SMILES string of the molecule is CCCC(Cc1ccccc1)NC(=O)C1(N)CC(OCC)C1(C)C. The number of amides is 1. The first-order valence-corrected chi connectivity index (χ1v) is 9.10. The van der Waals surface area contributed by atoms with Crippen molar-refractivity contribution in [2.45, 2.75) is 71.1 Å². The van der Waals surface area contributed by atoms with Crippen molar-refractivity contribution in [2.75, 3.05) is 6.61 Å². The normalized spacial score (nSPS) is 26.5. The zero-order valence-corrected chi connectivity index (χ0v) is 15.5. The van der Waals surface area contributed by atoms with E-state index < -0.39 is 5.54 Å². The second-order valence-electron chi connectivity index (χ2n) is 7.49. The van der Waals surface area contributed by atoms with Gasteiger partial charge in [-0.25, -0.2) is 0 Å². The molecule has 1 aliphatic carbocycles. The van der Waals surface area contributed by atoms with Crippen molar-refractivity contribution >= 4 is 5.91 Å². The molecule has 1 amide bonds. The van der Waals surface area contributed by atoms with E-state index in [1.807, 2.05) is 39.0 Å². The van der Waals surface area contributed by atoms with Gasteiger partial charge in [0.1, 0.15) is 5.54 Å². The Kier molecular flexibility index (Phi) is 6.05. The maximum absolute atomic E-state index is 12.9. The van der Waals surface area contributed by atoms with Crippen molar-refractivity contribution in [3.05, 3.63) is 35.9 Å². The molecule has 24 heavy (non-hydrogen) atoms. The summed E-state index contributed by atoms with van der Waals surface area (Å²) in [5.41, 5.74) is 6.53. The van der Waals surface area contributed by atoms with Crippen LogP contribution in [-0.4, -0.2) is 30.2 Å². The summed E-state index contributed by atoms with van der Waals surface area (Å²) in [4.78, 5) is 12.9. The van der Waals surface area contributed by atoms with Crippen LogP contribution in [0.1, 0.15) is 52.5 Å². The molecule has 1 saturated carbocycles. The Morgan fingerprint density at radius 2 is 2.00 bits per heavy atom. The first-order chi connectivity index (χ1) is 11.3. The topological polar surface area (TPSA) is 64.4 Å². The third kappa shape index (κ3) is 3.65. The molecule has 4 nitrogen and oxygen atoms in total. The number of carbonyl (C=O) groups is 1. The van der Waals surface area contributed by atoms with Gasteiger partial charge >= 0.3 is 0 Å². The minimum Gasteiger partial charge on any atom is -0.378 e. The summed E-state index contributed by atoms with van der Waals surface area (Å²) < 4.78 is 5.73. The van der Waals surface area contributed by atoms with Crippen LogP contribution in [0.3, 0.4) is 0 Å². The van der Waals surface area contributed by atoms with Gasteiger partial charge in [0.05, 0.1) is 6.10 Å². The van der Waals surface area contributed by atoms with Gasteiger partial charge in [-0.1, -0.05) is 57.5 Å². The van der Waals surface area contributed by atoms with Crippen LogP contribution < -0.4 is 11.1 Å². The molecule has 0 spiro atoms. The van der Waals surface area contributed by atoms with E-state index in [4.69, 9.17) is 10.5 Å². The summed E-state index contributed by atoms with van der Waals surface area (Å²) in [5, 5.41) is 3.21. The molecular formula is C20H32N2O2. The van der Waals surface area contributed by atoms with Crippen molar-refractivity contribution in [1.82, 2.24) is 5.32 Å². The molecule has 1 aromatic carbocycles. The third-order valence-corrected chi connectivity index (χ3v) is 5.53. The average Bonchev–Trinajstić information content (AvgIpc) is 2.55. The lowest BCUT2D eigenvalue weighted by Gasteiger charge is -2.57. The zero-order valence-electron chi connectivity index (χ0n) is 15.5. The second kappa shape index (κ2) is 7.66. The molecule has 3 N–H and O–H groups in total. The monoisotopic (exact) mass is 332 g/mol. The van der Waals surface area contributed by atoms with Gasteiger partial charge in [-0.15, -0.1) is 0 Å². The Bertz CT molecular complexity index is 544. The molecule has 3 unspecified atom stereocenters. The zero-order chi connectivity index (χ0) is 17.8. The lowest BCUT2D eigenvalue weighted by Crippen LogP contribution is -2.76. The third-order valence-electron chi connectivity index (χ3n) is 5.53. The van der Waals surface area contributed by atoms with Gasteiger partial charge in [0.15, 0.2) is 0 Å². The van der Waals surface area contributed by atoms with Gasteiger partial charge in [-0.05, 0) is 25.3 Å². The fourth-order valence-electron chi connectivity index (χ4n) is 3.61. The van der Waals surface area contributed by atoms with E-state index in [2.05, 4.69) is 24.4 Å². The van der Waals surface area contributed by atoms with E-state index >= 15 is 0 Å². The maximum Gasteiger partial charge on any atom is 0.241 e. The van der Waals surface area contributed by atoms with Crippen LogP contribution in [0.4, 0.5) is 0 Å². The Hall–Kier alpha value is -1.39. The Morgan fingerprint density at radius 3 is 2.54 bits per heavy atom. The van der Waals surface area contributed by atoms with E-state index in [1.165, 1.54) is 5.56 Å². The molecule has 2 rings (SSSR count). The van der Waals surface area contributed by atoms with Gasteiger partial charge in [-0.3, -0.25) is 4.79 Å². The highest BCUT2D eigenvalue weighted by Gasteiger charge is 2.62. The molecule has 1 aromatic rings. The van der Waals surface area contributed by atoms with Crippen LogP contribution in [0, 0.1) is 5.41 Å². The number of nitrogens with one attached hydrogen (secondary N) is 1. The maximum atomic E-state index is 12.9. The lowest BCUT2D eigenvalue weighted by atomic mass is 9.54. The minimum atomic E-state index is -0.852. The molecule has 134 valence electrons. The first kappa shape index (κ1) is 18.9. The van der Waals surface area contributed by atoms with Crippen LogP contribution in [0.5, 0.6) is 0 Å². The van der Waals surface area contributed by atoms with Crippen LogP contribution in [0.25, 0.3) is 0 Å². The molecule has 0 heterocycles. The first-order valence-electron chi connectivity index (χ1n) is 9.10.